The molecule has 0 fully saturated rings. The maximum atomic E-state index is 11.3. The Balaban J connectivity index is 2.09. The molecule has 96 valence electrons. The smallest absolute Gasteiger partial charge is 0.408 e. The van der Waals surface area contributed by atoms with E-state index in [4.69, 9.17) is 10.2 Å². The fourth-order valence-corrected chi connectivity index (χ4v) is 3.78. The molecule has 2 heterocycles. The highest BCUT2D eigenvalue weighted by molar-refractivity contribution is 7.99. The first-order valence-corrected chi connectivity index (χ1v) is 7.24. The van der Waals surface area contributed by atoms with Crippen molar-refractivity contribution in [2.24, 2.45) is 11.7 Å². The summed E-state index contributed by atoms with van der Waals surface area (Å²) in [4.78, 5) is 15.3. The SMILES string of the molecule is NCCC1CCSc2ccc3[nH]c(=O)oc3c2C1. The highest BCUT2D eigenvalue weighted by atomic mass is 32.2. The number of nitrogens with two attached hydrogens (primary N) is 1. The number of rotatable bonds is 2. The van der Waals surface area contributed by atoms with E-state index in [0.717, 1.165) is 36.2 Å². The average molecular weight is 264 g/mol. The second kappa shape index (κ2) is 4.82. The van der Waals surface area contributed by atoms with E-state index >= 15 is 0 Å². The zero-order valence-electron chi connectivity index (χ0n) is 10.1. The van der Waals surface area contributed by atoms with Crippen LogP contribution in [0, 0.1) is 5.92 Å². The minimum absolute atomic E-state index is 0.372. The Morgan fingerprint density at radius 1 is 1.50 bits per heavy atom. The van der Waals surface area contributed by atoms with Crippen LogP contribution in [-0.2, 0) is 6.42 Å². The summed E-state index contributed by atoms with van der Waals surface area (Å²) in [5.74, 6) is 1.33. The van der Waals surface area contributed by atoms with Crippen molar-refractivity contribution >= 4 is 22.9 Å². The van der Waals surface area contributed by atoms with Gasteiger partial charge in [-0.3, -0.25) is 4.98 Å². The van der Waals surface area contributed by atoms with Crippen molar-refractivity contribution in [3.05, 3.63) is 28.2 Å². The van der Waals surface area contributed by atoms with Gasteiger partial charge in [0.15, 0.2) is 5.58 Å². The Labute approximate surface area is 109 Å². The largest absolute Gasteiger partial charge is 0.417 e. The number of benzene rings is 1. The molecule has 0 radical (unpaired) electrons. The lowest BCUT2D eigenvalue weighted by Gasteiger charge is -2.12. The molecule has 3 N–H and O–H groups in total. The Bertz CT molecular complexity index is 617. The molecule has 0 saturated carbocycles. The van der Waals surface area contributed by atoms with Gasteiger partial charge in [-0.1, -0.05) is 0 Å². The molecule has 0 aliphatic carbocycles. The summed E-state index contributed by atoms with van der Waals surface area (Å²) in [6, 6.07) is 4.01. The first-order chi connectivity index (χ1) is 8.78. The summed E-state index contributed by atoms with van der Waals surface area (Å²) in [7, 11) is 0. The molecule has 4 nitrogen and oxygen atoms in total. The molecule has 1 unspecified atom stereocenters. The number of oxazole rings is 1. The summed E-state index contributed by atoms with van der Waals surface area (Å²) >= 11 is 1.85. The fraction of sp³-hybridized carbons (Fsp3) is 0.462. The van der Waals surface area contributed by atoms with Crippen LogP contribution >= 0.6 is 11.8 Å². The van der Waals surface area contributed by atoms with Gasteiger partial charge in [-0.05, 0) is 49.6 Å². The minimum atomic E-state index is -0.372. The molecule has 0 spiro atoms. The zero-order chi connectivity index (χ0) is 12.5. The van der Waals surface area contributed by atoms with Crippen molar-refractivity contribution in [1.82, 2.24) is 4.98 Å². The Morgan fingerprint density at radius 3 is 3.22 bits per heavy atom. The highest BCUT2D eigenvalue weighted by Crippen LogP contribution is 2.36. The molecule has 0 amide bonds. The van der Waals surface area contributed by atoms with Gasteiger partial charge in [0, 0.05) is 10.5 Å². The van der Waals surface area contributed by atoms with E-state index in [1.165, 1.54) is 16.9 Å². The second-order valence-electron chi connectivity index (χ2n) is 4.72. The molecule has 2 aromatic rings. The van der Waals surface area contributed by atoms with E-state index in [9.17, 15) is 4.79 Å². The van der Waals surface area contributed by atoms with Crippen molar-refractivity contribution in [3.8, 4) is 0 Å². The molecule has 5 heteroatoms. The maximum absolute atomic E-state index is 11.3. The Kier molecular flexibility index (Phi) is 3.18. The molecular formula is C13H16N2O2S. The van der Waals surface area contributed by atoms with E-state index in [1.54, 1.807) is 0 Å². The summed E-state index contributed by atoms with van der Waals surface area (Å²) in [6.45, 7) is 0.720. The molecule has 3 rings (SSSR count). The van der Waals surface area contributed by atoms with E-state index in [2.05, 4.69) is 11.1 Å². The molecule has 1 aliphatic heterocycles. The lowest BCUT2D eigenvalue weighted by molar-refractivity contribution is 0.474. The van der Waals surface area contributed by atoms with Gasteiger partial charge in [0.05, 0.1) is 5.52 Å². The minimum Gasteiger partial charge on any atom is -0.408 e. The van der Waals surface area contributed by atoms with Crippen LogP contribution in [0.5, 0.6) is 0 Å². The van der Waals surface area contributed by atoms with Crippen molar-refractivity contribution in [1.29, 1.82) is 0 Å². The number of H-pyrrole nitrogens is 1. The van der Waals surface area contributed by atoms with Crippen LogP contribution < -0.4 is 11.5 Å². The molecular weight excluding hydrogens is 248 g/mol. The van der Waals surface area contributed by atoms with Crippen LogP contribution in [-0.4, -0.2) is 17.3 Å². The number of fused-ring (bicyclic) bond motifs is 3. The van der Waals surface area contributed by atoms with E-state index in [-0.39, 0.29) is 5.76 Å². The molecule has 0 bridgehead atoms. The Hall–Kier alpha value is -1.20. The third-order valence-electron chi connectivity index (χ3n) is 3.50. The standard InChI is InChI=1S/C13H16N2O2S/c14-5-3-8-4-6-18-11-2-1-10-12(9(11)7-8)17-13(16)15-10/h1-2,8H,3-7,14H2,(H,15,16). The summed E-state index contributed by atoms with van der Waals surface area (Å²) in [6.07, 6.45) is 3.16. The summed E-state index contributed by atoms with van der Waals surface area (Å²) in [5.41, 5.74) is 8.36. The third-order valence-corrected chi connectivity index (χ3v) is 4.63. The van der Waals surface area contributed by atoms with Gasteiger partial charge in [-0.25, -0.2) is 4.79 Å². The van der Waals surface area contributed by atoms with Crippen molar-refractivity contribution in [3.63, 3.8) is 0 Å². The van der Waals surface area contributed by atoms with Crippen LogP contribution in [0.2, 0.25) is 0 Å². The molecule has 1 aromatic carbocycles. The fourth-order valence-electron chi connectivity index (χ4n) is 2.59. The van der Waals surface area contributed by atoms with Crippen molar-refractivity contribution < 1.29 is 4.42 Å². The molecule has 1 atom stereocenters. The quantitative estimate of drug-likeness (QED) is 0.871. The first-order valence-electron chi connectivity index (χ1n) is 6.25. The number of thioether (sulfide) groups is 1. The van der Waals surface area contributed by atoms with Crippen molar-refractivity contribution in [2.45, 2.75) is 24.2 Å². The average Bonchev–Trinajstić information content (AvgIpc) is 2.60. The number of hydrogen-bond donors (Lipinski definition) is 2. The second-order valence-corrected chi connectivity index (χ2v) is 5.85. The highest BCUT2D eigenvalue weighted by Gasteiger charge is 2.20. The number of aromatic amines is 1. The monoisotopic (exact) mass is 264 g/mol. The van der Waals surface area contributed by atoms with Crippen LogP contribution in [0.15, 0.2) is 26.2 Å². The number of hydrogen-bond acceptors (Lipinski definition) is 4. The van der Waals surface area contributed by atoms with Gasteiger partial charge in [-0.15, -0.1) is 11.8 Å². The van der Waals surface area contributed by atoms with Crippen molar-refractivity contribution in [2.75, 3.05) is 12.3 Å². The third kappa shape index (κ3) is 2.08. The predicted molar refractivity (Wildman–Crippen MR) is 73.0 cm³/mol. The van der Waals surface area contributed by atoms with Gasteiger partial charge in [0.1, 0.15) is 0 Å². The topological polar surface area (TPSA) is 72.0 Å². The zero-order valence-corrected chi connectivity index (χ0v) is 10.9. The Morgan fingerprint density at radius 2 is 2.39 bits per heavy atom. The van der Waals surface area contributed by atoms with Gasteiger partial charge in [0.2, 0.25) is 0 Å². The van der Waals surface area contributed by atoms with Gasteiger partial charge < -0.3 is 10.2 Å². The molecule has 0 saturated heterocycles. The van der Waals surface area contributed by atoms with Crippen LogP contribution in [0.4, 0.5) is 0 Å². The van der Waals surface area contributed by atoms with Crippen LogP contribution in [0.25, 0.3) is 11.1 Å². The lowest BCUT2D eigenvalue weighted by atomic mass is 9.93. The predicted octanol–water partition coefficient (Wildman–Crippen LogP) is 2.12. The summed E-state index contributed by atoms with van der Waals surface area (Å²) in [5, 5.41) is 0. The van der Waals surface area contributed by atoms with E-state index in [0.29, 0.717) is 5.92 Å². The molecule has 18 heavy (non-hydrogen) atoms. The first kappa shape index (κ1) is 11.9. The van der Waals surface area contributed by atoms with Crippen LogP contribution in [0.1, 0.15) is 18.4 Å². The molecule has 1 aromatic heterocycles. The number of nitrogens with one attached hydrogen (secondary N) is 1. The van der Waals surface area contributed by atoms with Gasteiger partial charge in [0.25, 0.3) is 0 Å². The lowest BCUT2D eigenvalue weighted by Crippen LogP contribution is -2.11. The number of aromatic nitrogens is 1. The van der Waals surface area contributed by atoms with E-state index in [1.807, 2.05) is 17.8 Å². The maximum Gasteiger partial charge on any atom is 0.417 e. The van der Waals surface area contributed by atoms with Gasteiger partial charge >= 0.3 is 5.76 Å². The van der Waals surface area contributed by atoms with Gasteiger partial charge in [-0.2, -0.15) is 0 Å². The summed E-state index contributed by atoms with van der Waals surface area (Å²) < 4.78 is 5.29. The molecule has 1 aliphatic rings. The normalized spacial score (nSPS) is 19.7. The van der Waals surface area contributed by atoms with Crippen LogP contribution in [0.3, 0.4) is 0 Å². The van der Waals surface area contributed by atoms with E-state index < -0.39 is 0 Å².